The molecule has 1 aromatic heterocycles. The molecular weight excluding hydrogens is 450 g/mol. The van der Waals surface area contributed by atoms with Gasteiger partial charge in [0.05, 0.1) is 12.2 Å². The van der Waals surface area contributed by atoms with Gasteiger partial charge in [-0.25, -0.2) is 0 Å². The number of benzene rings is 2. The first-order valence-electron chi connectivity index (χ1n) is 12.5. The van der Waals surface area contributed by atoms with E-state index in [0.29, 0.717) is 6.54 Å². The average Bonchev–Trinajstić information content (AvgIpc) is 3.11. The molecule has 7 heteroatoms. The van der Waals surface area contributed by atoms with E-state index in [-0.39, 0.29) is 17.7 Å². The highest BCUT2D eigenvalue weighted by molar-refractivity contribution is 6.02. The number of anilines is 1. The first-order valence-corrected chi connectivity index (χ1v) is 12.5. The number of likely N-dealkylation sites (tertiary alicyclic amines) is 1. The highest BCUT2D eigenvalue weighted by atomic mass is 16.1. The molecule has 2 heterocycles. The minimum Gasteiger partial charge on any atom is -0.369 e. The van der Waals surface area contributed by atoms with E-state index in [9.17, 15) is 9.59 Å². The van der Waals surface area contributed by atoms with E-state index in [4.69, 9.17) is 5.73 Å². The number of amides is 2. The van der Waals surface area contributed by atoms with E-state index in [1.165, 1.54) is 11.1 Å². The Morgan fingerprint density at radius 2 is 1.75 bits per heavy atom. The van der Waals surface area contributed by atoms with Crippen LogP contribution >= 0.6 is 0 Å². The molecule has 2 aromatic carbocycles. The standard InChI is InChI=1S/C29H35N5O2/c1-20-7-9-23(10-8-20)19-34-22(3)27(21(2)32-34)11-12-28(35)31-26-6-4-5-24(17-26)18-33-15-13-25(14-16-33)29(30)36/h4-12,17,25H,13-16,18-19H2,1-3H3,(H2,30,36)(H,31,35). The van der Waals surface area contributed by atoms with Crippen molar-refractivity contribution >= 4 is 23.6 Å². The molecule has 0 aliphatic carbocycles. The summed E-state index contributed by atoms with van der Waals surface area (Å²) >= 11 is 0. The Kier molecular flexibility index (Phi) is 8.00. The maximum absolute atomic E-state index is 12.7. The van der Waals surface area contributed by atoms with Crippen molar-refractivity contribution in [2.24, 2.45) is 11.7 Å². The third-order valence-corrected chi connectivity index (χ3v) is 6.88. The van der Waals surface area contributed by atoms with Gasteiger partial charge in [0, 0.05) is 35.5 Å². The molecule has 1 fully saturated rings. The highest BCUT2D eigenvalue weighted by Crippen LogP contribution is 2.21. The summed E-state index contributed by atoms with van der Waals surface area (Å²) in [4.78, 5) is 26.4. The lowest BCUT2D eigenvalue weighted by Gasteiger charge is -2.30. The van der Waals surface area contributed by atoms with Crippen LogP contribution in [0.15, 0.2) is 54.6 Å². The van der Waals surface area contributed by atoms with Crippen LogP contribution in [-0.4, -0.2) is 39.6 Å². The van der Waals surface area contributed by atoms with Gasteiger partial charge in [-0.05, 0) is 76.0 Å². The lowest BCUT2D eigenvalue weighted by atomic mass is 9.96. The number of piperidine rings is 1. The summed E-state index contributed by atoms with van der Waals surface area (Å²) in [6.07, 6.45) is 5.01. The lowest BCUT2D eigenvalue weighted by molar-refractivity contribution is -0.123. The van der Waals surface area contributed by atoms with Gasteiger partial charge < -0.3 is 11.1 Å². The van der Waals surface area contributed by atoms with E-state index in [1.54, 1.807) is 6.08 Å². The molecule has 0 spiro atoms. The SMILES string of the molecule is Cc1ccc(Cn2nc(C)c(C=CC(=O)Nc3cccc(CN4CCC(C(N)=O)CC4)c3)c2C)cc1. The first-order chi connectivity index (χ1) is 17.3. The van der Waals surface area contributed by atoms with Gasteiger partial charge >= 0.3 is 0 Å². The number of rotatable bonds is 8. The van der Waals surface area contributed by atoms with E-state index in [1.807, 2.05) is 42.8 Å². The zero-order chi connectivity index (χ0) is 25.7. The van der Waals surface area contributed by atoms with Crippen LogP contribution in [0.25, 0.3) is 6.08 Å². The van der Waals surface area contributed by atoms with Gasteiger partial charge in [-0.3, -0.25) is 19.2 Å². The second kappa shape index (κ2) is 11.4. The highest BCUT2D eigenvalue weighted by Gasteiger charge is 2.23. The maximum Gasteiger partial charge on any atom is 0.248 e. The van der Waals surface area contributed by atoms with Crippen molar-refractivity contribution < 1.29 is 9.59 Å². The number of nitrogens with two attached hydrogens (primary N) is 1. The van der Waals surface area contributed by atoms with Crippen LogP contribution in [0.3, 0.4) is 0 Å². The Hall–Kier alpha value is -3.71. The number of aromatic nitrogens is 2. The molecule has 1 aliphatic heterocycles. The van der Waals surface area contributed by atoms with Crippen LogP contribution in [0.4, 0.5) is 5.69 Å². The van der Waals surface area contributed by atoms with Gasteiger partial charge in [0.15, 0.2) is 0 Å². The van der Waals surface area contributed by atoms with Gasteiger partial charge in [-0.2, -0.15) is 5.10 Å². The predicted octanol–water partition coefficient (Wildman–Crippen LogP) is 4.21. The van der Waals surface area contributed by atoms with Crippen LogP contribution in [0.1, 0.15) is 46.5 Å². The number of aryl methyl sites for hydroxylation is 2. The Balaban J connectivity index is 1.35. The summed E-state index contributed by atoms with van der Waals surface area (Å²) in [6, 6.07) is 16.3. The molecule has 0 saturated carbocycles. The molecule has 0 unspecified atom stereocenters. The number of nitrogens with one attached hydrogen (secondary N) is 1. The monoisotopic (exact) mass is 485 g/mol. The van der Waals surface area contributed by atoms with Crippen molar-refractivity contribution in [2.75, 3.05) is 18.4 Å². The largest absolute Gasteiger partial charge is 0.369 e. The summed E-state index contributed by atoms with van der Waals surface area (Å²) < 4.78 is 1.98. The molecule has 0 radical (unpaired) electrons. The normalized spacial score (nSPS) is 14.9. The second-order valence-electron chi connectivity index (χ2n) is 9.70. The van der Waals surface area contributed by atoms with Crippen LogP contribution in [0.2, 0.25) is 0 Å². The third kappa shape index (κ3) is 6.49. The zero-order valence-electron chi connectivity index (χ0n) is 21.3. The number of carbonyl (C=O) groups is 2. The number of primary amides is 1. The van der Waals surface area contributed by atoms with Crippen molar-refractivity contribution in [1.82, 2.24) is 14.7 Å². The van der Waals surface area contributed by atoms with Gasteiger partial charge in [0.1, 0.15) is 0 Å². The van der Waals surface area contributed by atoms with E-state index >= 15 is 0 Å². The van der Waals surface area contributed by atoms with Crippen LogP contribution in [0.5, 0.6) is 0 Å². The fraction of sp³-hybridized carbons (Fsp3) is 0.345. The molecule has 7 nitrogen and oxygen atoms in total. The third-order valence-electron chi connectivity index (χ3n) is 6.88. The van der Waals surface area contributed by atoms with Crippen LogP contribution < -0.4 is 11.1 Å². The molecule has 3 aromatic rings. The van der Waals surface area contributed by atoms with Gasteiger partial charge in [-0.1, -0.05) is 42.0 Å². The van der Waals surface area contributed by atoms with E-state index < -0.39 is 0 Å². The molecule has 1 saturated heterocycles. The van der Waals surface area contributed by atoms with Crippen molar-refractivity contribution in [1.29, 1.82) is 0 Å². The molecule has 0 atom stereocenters. The molecule has 0 bridgehead atoms. The molecular formula is C29H35N5O2. The van der Waals surface area contributed by atoms with Crippen molar-refractivity contribution in [3.05, 3.63) is 88.2 Å². The van der Waals surface area contributed by atoms with Crippen molar-refractivity contribution in [3.8, 4) is 0 Å². The summed E-state index contributed by atoms with van der Waals surface area (Å²) in [7, 11) is 0. The second-order valence-corrected chi connectivity index (χ2v) is 9.70. The minimum atomic E-state index is -0.198. The van der Waals surface area contributed by atoms with Gasteiger partial charge in [0.2, 0.25) is 11.8 Å². The maximum atomic E-state index is 12.7. The molecule has 188 valence electrons. The molecule has 1 aliphatic rings. The summed E-state index contributed by atoms with van der Waals surface area (Å²) in [5.74, 6) is -0.392. The molecule has 4 rings (SSSR count). The number of hydrogen-bond acceptors (Lipinski definition) is 4. The van der Waals surface area contributed by atoms with Crippen LogP contribution in [-0.2, 0) is 22.7 Å². The zero-order valence-corrected chi connectivity index (χ0v) is 21.3. The number of carbonyl (C=O) groups excluding carboxylic acids is 2. The molecule has 2 amide bonds. The predicted molar refractivity (Wildman–Crippen MR) is 143 cm³/mol. The van der Waals surface area contributed by atoms with Crippen molar-refractivity contribution in [3.63, 3.8) is 0 Å². The number of nitrogens with zero attached hydrogens (tertiary/aromatic N) is 3. The molecule has 3 N–H and O–H groups in total. The van der Waals surface area contributed by atoms with Crippen LogP contribution in [0, 0.1) is 26.7 Å². The van der Waals surface area contributed by atoms with E-state index in [0.717, 1.165) is 60.7 Å². The summed E-state index contributed by atoms with van der Waals surface area (Å²) in [5.41, 5.74) is 12.6. The lowest BCUT2D eigenvalue weighted by Crippen LogP contribution is -2.38. The van der Waals surface area contributed by atoms with Gasteiger partial charge in [0.25, 0.3) is 0 Å². The van der Waals surface area contributed by atoms with Gasteiger partial charge in [-0.15, -0.1) is 0 Å². The fourth-order valence-corrected chi connectivity index (χ4v) is 4.70. The molecule has 36 heavy (non-hydrogen) atoms. The Labute approximate surface area is 213 Å². The summed E-state index contributed by atoms with van der Waals surface area (Å²) in [5, 5.41) is 7.64. The Morgan fingerprint density at radius 1 is 1.03 bits per heavy atom. The number of hydrogen-bond donors (Lipinski definition) is 2. The first kappa shape index (κ1) is 25.4. The Morgan fingerprint density at radius 3 is 2.44 bits per heavy atom. The topological polar surface area (TPSA) is 93.2 Å². The van der Waals surface area contributed by atoms with Crippen molar-refractivity contribution in [2.45, 2.75) is 46.7 Å². The Bertz CT molecular complexity index is 1250. The smallest absolute Gasteiger partial charge is 0.248 e. The van der Waals surface area contributed by atoms with E-state index in [2.05, 4.69) is 52.6 Å². The summed E-state index contributed by atoms with van der Waals surface area (Å²) in [6.45, 7) is 9.25. The average molecular weight is 486 g/mol. The fourth-order valence-electron chi connectivity index (χ4n) is 4.70. The quantitative estimate of drug-likeness (QED) is 0.468. The minimum absolute atomic E-state index is 0.0133.